The van der Waals surface area contributed by atoms with Gasteiger partial charge in [0, 0.05) is 12.7 Å². The Balaban J connectivity index is 1.68. The van der Waals surface area contributed by atoms with E-state index < -0.39 is 12.0 Å². The lowest BCUT2D eigenvalue weighted by Gasteiger charge is -2.29. The molecule has 152 valence electrons. The third kappa shape index (κ3) is 5.11. The molecule has 1 aliphatic carbocycles. The number of ketones is 1. The lowest BCUT2D eigenvalue weighted by molar-refractivity contribution is -0.159. The third-order valence-corrected chi connectivity index (χ3v) is 5.59. The quantitative estimate of drug-likeness (QED) is 0.363. The molecule has 2 heterocycles. The van der Waals surface area contributed by atoms with E-state index in [-0.39, 0.29) is 24.7 Å². The van der Waals surface area contributed by atoms with E-state index in [1.807, 2.05) is 0 Å². The van der Waals surface area contributed by atoms with E-state index in [9.17, 15) is 19.6 Å². The minimum Gasteiger partial charge on any atom is -0.297 e. The molecule has 9 nitrogen and oxygen atoms in total. The van der Waals surface area contributed by atoms with Crippen LogP contribution in [0.3, 0.4) is 0 Å². The lowest BCUT2D eigenvalue weighted by atomic mass is 9.91. The van der Waals surface area contributed by atoms with Gasteiger partial charge >= 0.3 is 0 Å². The van der Waals surface area contributed by atoms with E-state index in [2.05, 4.69) is 15.4 Å². The number of hydrogen-bond acceptors (Lipinski definition) is 7. The van der Waals surface area contributed by atoms with E-state index in [0.717, 1.165) is 25.7 Å². The molecular formula is C19H27N5O4. The maximum atomic E-state index is 13.2. The zero-order valence-electron chi connectivity index (χ0n) is 15.9. The van der Waals surface area contributed by atoms with Crippen molar-refractivity contribution in [3.63, 3.8) is 0 Å². The van der Waals surface area contributed by atoms with Crippen molar-refractivity contribution in [1.82, 2.24) is 25.5 Å². The Hall–Kier alpha value is -2.39. The molecular weight excluding hydrogens is 362 g/mol. The summed E-state index contributed by atoms with van der Waals surface area (Å²) in [7, 11) is 0. The van der Waals surface area contributed by atoms with Crippen LogP contribution in [-0.2, 0) is 20.8 Å². The summed E-state index contributed by atoms with van der Waals surface area (Å²) in [5, 5.41) is 11.6. The van der Waals surface area contributed by atoms with Gasteiger partial charge in [-0.1, -0.05) is 25.7 Å². The van der Waals surface area contributed by atoms with E-state index in [0.29, 0.717) is 42.5 Å². The molecule has 1 saturated heterocycles. The van der Waals surface area contributed by atoms with Crippen LogP contribution < -0.4 is 5.43 Å². The first kappa shape index (κ1) is 20.3. The van der Waals surface area contributed by atoms with Crippen LogP contribution in [0.5, 0.6) is 0 Å². The van der Waals surface area contributed by atoms with E-state index in [1.165, 1.54) is 11.3 Å². The molecule has 0 bridgehead atoms. The van der Waals surface area contributed by atoms with Gasteiger partial charge in [-0.2, -0.15) is 0 Å². The highest BCUT2D eigenvalue weighted by atomic mass is 16.5. The van der Waals surface area contributed by atoms with Gasteiger partial charge in [0.1, 0.15) is 12.4 Å². The predicted molar refractivity (Wildman–Crippen MR) is 98.6 cm³/mol. The molecule has 0 unspecified atom stereocenters. The molecule has 0 aromatic carbocycles. The molecule has 1 aromatic rings. The van der Waals surface area contributed by atoms with Crippen LogP contribution in [-0.4, -0.2) is 62.5 Å². The molecule has 2 atom stereocenters. The van der Waals surface area contributed by atoms with Gasteiger partial charge in [-0.3, -0.25) is 24.6 Å². The second-order valence-corrected chi connectivity index (χ2v) is 7.58. The van der Waals surface area contributed by atoms with Crippen LogP contribution in [0, 0.1) is 11.8 Å². The average Bonchev–Trinajstić information content (AvgIpc) is 3.39. The number of nitrogens with zero attached hydrogens (tertiary/aromatic N) is 4. The molecule has 2 amide bonds. The molecule has 9 heteroatoms. The zero-order valence-corrected chi connectivity index (χ0v) is 15.9. The maximum absolute atomic E-state index is 13.2. The fraction of sp³-hybridized carbons (Fsp3) is 0.632. The van der Waals surface area contributed by atoms with Crippen LogP contribution in [0.25, 0.3) is 0 Å². The molecule has 2 N–H and O–H groups in total. The summed E-state index contributed by atoms with van der Waals surface area (Å²) in [6.07, 6.45) is 8.95. The van der Waals surface area contributed by atoms with Crippen molar-refractivity contribution in [2.24, 2.45) is 11.8 Å². The highest BCUT2D eigenvalue weighted by Crippen LogP contribution is 2.31. The van der Waals surface area contributed by atoms with Crippen molar-refractivity contribution in [3.8, 4) is 0 Å². The van der Waals surface area contributed by atoms with Crippen molar-refractivity contribution in [2.45, 2.75) is 51.0 Å². The largest absolute Gasteiger partial charge is 0.297 e. The molecule has 1 saturated carbocycles. The normalized spacial score (nSPS) is 20.9. The van der Waals surface area contributed by atoms with E-state index >= 15 is 0 Å². The fourth-order valence-electron chi connectivity index (χ4n) is 4.18. The van der Waals surface area contributed by atoms with Gasteiger partial charge in [0.15, 0.2) is 5.78 Å². The second-order valence-electron chi connectivity index (χ2n) is 7.58. The molecule has 0 radical (unpaired) electrons. The van der Waals surface area contributed by atoms with Gasteiger partial charge in [-0.05, 0) is 24.8 Å². The van der Waals surface area contributed by atoms with Gasteiger partial charge in [-0.15, -0.1) is 0 Å². The molecule has 2 aliphatic rings. The van der Waals surface area contributed by atoms with Gasteiger partial charge < -0.3 is 0 Å². The van der Waals surface area contributed by atoms with Crippen LogP contribution in [0.15, 0.2) is 18.6 Å². The summed E-state index contributed by atoms with van der Waals surface area (Å²) in [5.41, 5.74) is 3.63. The van der Waals surface area contributed by atoms with Gasteiger partial charge in [0.25, 0.3) is 0 Å². The van der Waals surface area contributed by atoms with Crippen LogP contribution >= 0.6 is 0 Å². The van der Waals surface area contributed by atoms with Crippen LogP contribution in [0.2, 0.25) is 0 Å². The summed E-state index contributed by atoms with van der Waals surface area (Å²) < 4.78 is 0. The number of aromatic nitrogens is 2. The molecule has 28 heavy (non-hydrogen) atoms. The zero-order chi connectivity index (χ0) is 19.9. The molecule has 0 spiro atoms. The fourth-order valence-corrected chi connectivity index (χ4v) is 4.18. The minimum absolute atomic E-state index is 0.0656. The van der Waals surface area contributed by atoms with Crippen molar-refractivity contribution in [3.05, 3.63) is 24.3 Å². The highest BCUT2D eigenvalue weighted by molar-refractivity contribution is 5.91. The number of hydrazine groups is 1. The number of carbonyl (C=O) groups excluding carboxylic acids is 3. The Labute approximate surface area is 164 Å². The molecule has 2 fully saturated rings. The Bertz CT molecular complexity index is 680. The molecule has 1 aromatic heterocycles. The van der Waals surface area contributed by atoms with Crippen molar-refractivity contribution < 1.29 is 19.6 Å². The van der Waals surface area contributed by atoms with Crippen molar-refractivity contribution >= 4 is 18.1 Å². The topological polar surface area (TPSA) is 116 Å². The SMILES string of the molecule is O=CN(O)C[C@@H](CC1CCCC1)C(=O)N1NCC[C@H]1C(=O)Cc1ccncn1. The number of hydrogen-bond donors (Lipinski definition) is 2. The number of hydroxylamine groups is 2. The number of carbonyl (C=O) groups is 3. The Kier molecular flexibility index (Phi) is 7.05. The summed E-state index contributed by atoms with van der Waals surface area (Å²) in [6, 6.07) is 1.11. The molecule has 3 rings (SSSR count). The number of amides is 2. The van der Waals surface area contributed by atoms with Crippen molar-refractivity contribution in [1.29, 1.82) is 0 Å². The Morgan fingerprint density at radius 2 is 2.14 bits per heavy atom. The van der Waals surface area contributed by atoms with Crippen molar-refractivity contribution in [2.75, 3.05) is 13.1 Å². The van der Waals surface area contributed by atoms with E-state index in [4.69, 9.17) is 0 Å². The number of Topliss-reactive ketones (excluding diaryl/α,β-unsaturated/α-hetero) is 1. The maximum Gasteiger partial charge on any atom is 0.242 e. The number of nitrogens with one attached hydrogen (secondary N) is 1. The standard InChI is InChI=1S/C19H27N5O4/c25-13-23(28)11-15(9-14-3-1-2-4-14)19(27)24-17(6-8-22-24)18(26)10-16-5-7-20-12-21-16/h5,7,12-15,17,22,28H,1-4,6,8-11H2/t15-,17+/m1/s1. The monoisotopic (exact) mass is 389 g/mol. The Morgan fingerprint density at radius 1 is 1.36 bits per heavy atom. The smallest absolute Gasteiger partial charge is 0.242 e. The van der Waals surface area contributed by atoms with Gasteiger partial charge in [-0.25, -0.2) is 20.5 Å². The van der Waals surface area contributed by atoms with E-state index in [1.54, 1.807) is 12.3 Å². The first-order valence-electron chi connectivity index (χ1n) is 9.83. The predicted octanol–water partition coefficient (Wildman–Crippen LogP) is 0.738. The number of rotatable bonds is 9. The average molecular weight is 389 g/mol. The first-order valence-corrected chi connectivity index (χ1v) is 9.83. The summed E-state index contributed by atoms with van der Waals surface area (Å²) in [6.45, 7) is 0.461. The summed E-state index contributed by atoms with van der Waals surface area (Å²) >= 11 is 0. The van der Waals surface area contributed by atoms with Crippen LogP contribution in [0.1, 0.15) is 44.2 Å². The summed E-state index contributed by atoms with van der Waals surface area (Å²) in [4.78, 5) is 44.7. The Morgan fingerprint density at radius 3 is 2.82 bits per heavy atom. The summed E-state index contributed by atoms with van der Waals surface area (Å²) in [5.74, 6) is -0.468. The second kappa shape index (κ2) is 9.70. The van der Waals surface area contributed by atoms with Gasteiger partial charge in [0.2, 0.25) is 12.3 Å². The first-order chi connectivity index (χ1) is 13.6. The van der Waals surface area contributed by atoms with Gasteiger partial charge in [0.05, 0.1) is 24.6 Å². The molecule has 1 aliphatic heterocycles. The lowest BCUT2D eigenvalue weighted by Crippen LogP contribution is -2.51. The minimum atomic E-state index is -0.572. The van der Waals surface area contributed by atoms with Crippen LogP contribution in [0.4, 0.5) is 0 Å². The highest BCUT2D eigenvalue weighted by Gasteiger charge is 2.38. The third-order valence-electron chi connectivity index (χ3n) is 5.59.